The maximum Gasteiger partial charge on any atom is 0.511 e. The summed E-state index contributed by atoms with van der Waals surface area (Å²) in [6, 6.07) is 0. The lowest BCUT2D eigenvalue weighted by Crippen LogP contribution is -2.61. The molecule has 0 radical (unpaired) electrons. The number of alkyl halides is 3. The first kappa shape index (κ1) is 12.7. The number of piperazine rings is 1. The molecule has 0 saturated carbocycles. The molecule has 0 unspecified atom stereocenters. The van der Waals surface area contributed by atoms with Crippen molar-refractivity contribution in [1.82, 2.24) is 9.62 Å². The van der Waals surface area contributed by atoms with Crippen LogP contribution in [0.5, 0.6) is 0 Å². The van der Waals surface area contributed by atoms with E-state index in [1.54, 1.807) is 0 Å². The van der Waals surface area contributed by atoms with Gasteiger partial charge in [0, 0.05) is 25.2 Å². The average Bonchev–Trinajstić information content (AvgIpc) is 2.00. The summed E-state index contributed by atoms with van der Waals surface area (Å²) in [5, 5.41) is 2.86. The van der Waals surface area contributed by atoms with Crippen molar-refractivity contribution in [3.63, 3.8) is 0 Å². The zero-order chi connectivity index (χ0) is 11.9. The lowest BCUT2D eigenvalue weighted by molar-refractivity contribution is -0.0526. The van der Waals surface area contributed by atoms with Crippen LogP contribution in [0.15, 0.2) is 0 Å². The van der Waals surface area contributed by atoms with Gasteiger partial charge in [0.1, 0.15) is 0 Å². The van der Waals surface area contributed by atoms with Crippen molar-refractivity contribution < 1.29 is 21.6 Å². The van der Waals surface area contributed by atoms with Gasteiger partial charge < -0.3 is 5.32 Å². The Morgan fingerprint density at radius 2 is 1.87 bits per heavy atom. The van der Waals surface area contributed by atoms with Crippen LogP contribution < -0.4 is 5.32 Å². The van der Waals surface area contributed by atoms with Gasteiger partial charge in [0.05, 0.1) is 0 Å². The standard InChI is InChI=1S/C7H13F3N2O2S/c1-6(2)5-11-3-4-12(6)15(13,14)7(8,9)10/h11H,3-5H2,1-2H3. The Morgan fingerprint density at radius 1 is 1.33 bits per heavy atom. The first-order valence-electron chi connectivity index (χ1n) is 4.39. The van der Waals surface area contributed by atoms with Gasteiger partial charge in [0.25, 0.3) is 0 Å². The van der Waals surface area contributed by atoms with E-state index in [1.165, 1.54) is 13.8 Å². The molecule has 15 heavy (non-hydrogen) atoms. The number of hydrogen-bond acceptors (Lipinski definition) is 3. The van der Waals surface area contributed by atoms with Gasteiger partial charge in [-0.2, -0.15) is 17.5 Å². The lowest BCUT2D eigenvalue weighted by atomic mass is 10.0. The predicted octanol–water partition coefficient (Wildman–Crippen LogP) is 0.520. The van der Waals surface area contributed by atoms with Crippen molar-refractivity contribution in [2.75, 3.05) is 19.6 Å². The molecule has 1 heterocycles. The van der Waals surface area contributed by atoms with Crippen molar-refractivity contribution in [3.8, 4) is 0 Å². The van der Waals surface area contributed by atoms with Gasteiger partial charge in [0.2, 0.25) is 0 Å². The van der Waals surface area contributed by atoms with Crippen LogP contribution in [0.3, 0.4) is 0 Å². The van der Waals surface area contributed by atoms with Crippen LogP contribution in [0.25, 0.3) is 0 Å². The van der Waals surface area contributed by atoms with E-state index in [9.17, 15) is 21.6 Å². The summed E-state index contributed by atoms with van der Waals surface area (Å²) in [4.78, 5) is 0. The number of halogens is 3. The third kappa shape index (κ3) is 2.26. The molecule has 4 nitrogen and oxygen atoms in total. The zero-order valence-electron chi connectivity index (χ0n) is 8.43. The van der Waals surface area contributed by atoms with E-state index in [2.05, 4.69) is 5.32 Å². The van der Waals surface area contributed by atoms with Crippen molar-refractivity contribution in [3.05, 3.63) is 0 Å². The first-order valence-corrected chi connectivity index (χ1v) is 5.83. The lowest BCUT2D eigenvalue weighted by Gasteiger charge is -2.41. The quantitative estimate of drug-likeness (QED) is 0.734. The fourth-order valence-corrected chi connectivity index (χ4v) is 2.83. The summed E-state index contributed by atoms with van der Waals surface area (Å²) >= 11 is 0. The Morgan fingerprint density at radius 3 is 2.27 bits per heavy atom. The van der Waals surface area contributed by atoms with E-state index in [-0.39, 0.29) is 19.6 Å². The van der Waals surface area contributed by atoms with Gasteiger partial charge in [0.15, 0.2) is 0 Å². The van der Waals surface area contributed by atoms with Crippen LogP contribution in [0.2, 0.25) is 0 Å². The second kappa shape index (κ2) is 3.60. The minimum Gasteiger partial charge on any atom is -0.314 e. The van der Waals surface area contributed by atoms with Crippen molar-refractivity contribution in [2.24, 2.45) is 0 Å². The van der Waals surface area contributed by atoms with E-state index in [1.807, 2.05) is 0 Å². The van der Waals surface area contributed by atoms with E-state index in [4.69, 9.17) is 0 Å². The van der Waals surface area contributed by atoms with Crippen molar-refractivity contribution in [2.45, 2.75) is 24.9 Å². The summed E-state index contributed by atoms with van der Waals surface area (Å²) in [6.45, 7) is 3.21. The third-order valence-corrected chi connectivity index (χ3v) is 4.15. The van der Waals surface area contributed by atoms with E-state index < -0.39 is 21.1 Å². The molecule has 90 valence electrons. The summed E-state index contributed by atoms with van der Waals surface area (Å²) in [5.74, 6) is 0. The molecule has 1 saturated heterocycles. The summed E-state index contributed by atoms with van der Waals surface area (Å²) in [7, 11) is -5.21. The highest BCUT2D eigenvalue weighted by Gasteiger charge is 2.54. The molecular formula is C7H13F3N2O2S. The molecule has 1 aliphatic rings. The Labute approximate surface area is 86.5 Å². The Hall–Kier alpha value is -0.340. The van der Waals surface area contributed by atoms with Gasteiger partial charge >= 0.3 is 15.5 Å². The van der Waals surface area contributed by atoms with Crippen LogP contribution >= 0.6 is 0 Å². The highest BCUT2D eigenvalue weighted by molar-refractivity contribution is 7.90. The van der Waals surface area contributed by atoms with Gasteiger partial charge in [-0.1, -0.05) is 0 Å². The number of rotatable bonds is 1. The highest BCUT2D eigenvalue weighted by Crippen LogP contribution is 2.32. The fourth-order valence-electron chi connectivity index (χ4n) is 1.54. The molecule has 0 aromatic heterocycles. The average molecular weight is 246 g/mol. The smallest absolute Gasteiger partial charge is 0.314 e. The topological polar surface area (TPSA) is 49.4 Å². The minimum absolute atomic E-state index is 0.158. The molecule has 0 bridgehead atoms. The van der Waals surface area contributed by atoms with Crippen LogP contribution in [0, 0.1) is 0 Å². The first-order chi connectivity index (χ1) is 6.59. The number of nitrogens with zero attached hydrogens (tertiary/aromatic N) is 1. The summed E-state index contributed by atoms with van der Waals surface area (Å²) in [6.07, 6.45) is 0. The number of sulfonamides is 1. The van der Waals surface area contributed by atoms with E-state index in [0.29, 0.717) is 4.31 Å². The van der Waals surface area contributed by atoms with E-state index in [0.717, 1.165) is 0 Å². The molecule has 1 aliphatic heterocycles. The third-order valence-electron chi connectivity index (χ3n) is 2.31. The van der Waals surface area contributed by atoms with Crippen LogP contribution in [-0.2, 0) is 10.0 Å². The monoisotopic (exact) mass is 246 g/mol. The van der Waals surface area contributed by atoms with Gasteiger partial charge in [-0.3, -0.25) is 0 Å². The van der Waals surface area contributed by atoms with Crippen LogP contribution in [0.4, 0.5) is 13.2 Å². The Balaban J connectivity index is 3.06. The molecule has 0 aliphatic carbocycles. The molecule has 8 heteroatoms. The molecule has 1 N–H and O–H groups in total. The molecule has 0 aromatic rings. The molecular weight excluding hydrogens is 233 g/mol. The van der Waals surface area contributed by atoms with E-state index >= 15 is 0 Å². The Kier molecular flexibility index (Phi) is 3.05. The molecule has 1 rings (SSSR count). The second-order valence-electron chi connectivity index (χ2n) is 4.01. The summed E-state index contributed by atoms with van der Waals surface area (Å²) in [5.41, 5.74) is -6.27. The molecule has 0 amide bonds. The van der Waals surface area contributed by atoms with Crippen LogP contribution in [0.1, 0.15) is 13.8 Å². The molecule has 0 atom stereocenters. The normalized spacial score (nSPS) is 24.1. The maximum absolute atomic E-state index is 12.3. The van der Waals surface area contributed by atoms with Gasteiger partial charge in [-0.15, -0.1) is 0 Å². The minimum atomic E-state index is -5.22. The van der Waals surface area contributed by atoms with Crippen LogP contribution in [-0.4, -0.2) is 43.4 Å². The maximum atomic E-state index is 12.3. The van der Waals surface area contributed by atoms with Gasteiger partial charge in [-0.05, 0) is 13.8 Å². The summed E-state index contributed by atoms with van der Waals surface area (Å²) < 4.78 is 59.8. The Bertz CT molecular complexity index is 337. The molecule has 1 fully saturated rings. The second-order valence-corrected chi connectivity index (χ2v) is 5.87. The zero-order valence-corrected chi connectivity index (χ0v) is 9.24. The number of nitrogens with one attached hydrogen (secondary N) is 1. The molecule has 0 aromatic carbocycles. The van der Waals surface area contributed by atoms with Crippen molar-refractivity contribution >= 4 is 10.0 Å². The van der Waals surface area contributed by atoms with Gasteiger partial charge in [-0.25, -0.2) is 8.42 Å². The SMILES string of the molecule is CC1(C)CNCCN1S(=O)(=O)C(F)(F)F. The highest BCUT2D eigenvalue weighted by atomic mass is 32.2. The van der Waals surface area contributed by atoms with Crippen molar-refractivity contribution in [1.29, 1.82) is 0 Å². The fraction of sp³-hybridized carbons (Fsp3) is 1.00. The number of hydrogen-bond donors (Lipinski definition) is 1. The predicted molar refractivity (Wildman–Crippen MR) is 48.6 cm³/mol. The molecule has 0 spiro atoms. The largest absolute Gasteiger partial charge is 0.511 e.